The van der Waals surface area contributed by atoms with Crippen LogP contribution in [0.25, 0.3) is 0 Å². The third-order valence-electron chi connectivity index (χ3n) is 3.86. The molecule has 1 aromatic heterocycles. The smallest absolute Gasteiger partial charge is 0.133 e. The van der Waals surface area contributed by atoms with Gasteiger partial charge in [-0.15, -0.1) is 11.6 Å². The average Bonchev–Trinajstić information content (AvgIpc) is 2.45. The summed E-state index contributed by atoms with van der Waals surface area (Å²) in [6, 6.07) is 8.73. The van der Waals surface area contributed by atoms with E-state index in [0.717, 1.165) is 22.6 Å². The van der Waals surface area contributed by atoms with Gasteiger partial charge in [-0.25, -0.2) is 9.37 Å². The van der Waals surface area contributed by atoms with Crippen LogP contribution >= 0.6 is 11.6 Å². The SMILES string of the molecule is Cc1cc(C)c(CCl)c(N(C)C(C)c2ccccc2F)n1. The van der Waals surface area contributed by atoms with E-state index >= 15 is 0 Å². The molecule has 21 heavy (non-hydrogen) atoms. The minimum absolute atomic E-state index is 0.123. The highest BCUT2D eigenvalue weighted by atomic mass is 35.5. The van der Waals surface area contributed by atoms with E-state index in [1.165, 1.54) is 6.07 Å². The Morgan fingerprint density at radius 1 is 1.29 bits per heavy atom. The number of rotatable bonds is 4. The second kappa shape index (κ2) is 6.44. The van der Waals surface area contributed by atoms with Gasteiger partial charge in [-0.2, -0.15) is 0 Å². The van der Waals surface area contributed by atoms with Crippen LogP contribution in [0.1, 0.15) is 35.3 Å². The van der Waals surface area contributed by atoms with E-state index in [2.05, 4.69) is 4.98 Å². The number of alkyl halides is 1. The van der Waals surface area contributed by atoms with Gasteiger partial charge in [0.1, 0.15) is 11.6 Å². The Morgan fingerprint density at radius 2 is 1.95 bits per heavy atom. The van der Waals surface area contributed by atoms with Gasteiger partial charge in [0, 0.05) is 23.9 Å². The van der Waals surface area contributed by atoms with Crippen LogP contribution in [0.5, 0.6) is 0 Å². The first-order valence-electron chi connectivity index (χ1n) is 6.96. The van der Waals surface area contributed by atoms with Crippen LogP contribution in [-0.4, -0.2) is 12.0 Å². The van der Waals surface area contributed by atoms with Crippen LogP contribution in [-0.2, 0) is 5.88 Å². The molecule has 112 valence electrons. The standard InChI is InChI=1S/C17H20ClFN2/c1-11-9-12(2)20-17(15(11)10-18)21(4)13(3)14-7-5-6-8-16(14)19/h5-9,13H,10H2,1-4H3. The third kappa shape index (κ3) is 3.18. The van der Waals surface area contributed by atoms with E-state index in [1.807, 2.05) is 44.9 Å². The summed E-state index contributed by atoms with van der Waals surface area (Å²) in [4.78, 5) is 6.58. The van der Waals surface area contributed by atoms with Crippen molar-refractivity contribution in [2.45, 2.75) is 32.7 Å². The van der Waals surface area contributed by atoms with Gasteiger partial charge in [-0.3, -0.25) is 0 Å². The molecule has 0 saturated carbocycles. The lowest BCUT2D eigenvalue weighted by Gasteiger charge is -2.29. The van der Waals surface area contributed by atoms with Crippen LogP contribution in [0.2, 0.25) is 0 Å². The number of aromatic nitrogens is 1. The minimum Gasteiger partial charge on any atom is -0.353 e. The van der Waals surface area contributed by atoms with Gasteiger partial charge >= 0.3 is 0 Å². The molecule has 0 aliphatic rings. The predicted molar refractivity (Wildman–Crippen MR) is 86.5 cm³/mol. The van der Waals surface area contributed by atoms with Crippen molar-refractivity contribution in [2.24, 2.45) is 0 Å². The molecule has 0 amide bonds. The highest BCUT2D eigenvalue weighted by Gasteiger charge is 2.20. The zero-order valence-corrected chi connectivity index (χ0v) is 13.6. The maximum Gasteiger partial charge on any atom is 0.133 e. The molecule has 1 atom stereocenters. The minimum atomic E-state index is -0.200. The lowest BCUT2D eigenvalue weighted by Crippen LogP contribution is -2.25. The molecule has 1 heterocycles. The maximum absolute atomic E-state index is 14.0. The monoisotopic (exact) mass is 306 g/mol. The molecule has 2 rings (SSSR count). The normalized spacial score (nSPS) is 12.3. The molecule has 1 unspecified atom stereocenters. The van der Waals surface area contributed by atoms with Crippen molar-refractivity contribution in [3.05, 3.63) is 58.5 Å². The summed E-state index contributed by atoms with van der Waals surface area (Å²) in [7, 11) is 1.92. The lowest BCUT2D eigenvalue weighted by molar-refractivity contribution is 0.583. The van der Waals surface area contributed by atoms with Crippen molar-refractivity contribution < 1.29 is 4.39 Å². The van der Waals surface area contributed by atoms with Crippen LogP contribution < -0.4 is 4.90 Å². The second-order valence-electron chi connectivity index (χ2n) is 5.32. The molecule has 0 radical (unpaired) electrons. The number of hydrogen-bond acceptors (Lipinski definition) is 2. The van der Waals surface area contributed by atoms with E-state index in [1.54, 1.807) is 12.1 Å². The van der Waals surface area contributed by atoms with Gasteiger partial charge < -0.3 is 4.90 Å². The zero-order chi connectivity index (χ0) is 15.6. The Hall–Kier alpha value is -1.61. The third-order valence-corrected chi connectivity index (χ3v) is 4.12. The molecule has 0 spiro atoms. The number of hydrogen-bond donors (Lipinski definition) is 0. The molecule has 0 N–H and O–H groups in total. The predicted octanol–water partition coefficient (Wildman–Crippen LogP) is 4.77. The fourth-order valence-corrected chi connectivity index (χ4v) is 2.84. The lowest BCUT2D eigenvalue weighted by atomic mass is 10.0. The van der Waals surface area contributed by atoms with Gasteiger partial charge in [-0.1, -0.05) is 18.2 Å². The first-order valence-corrected chi connectivity index (χ1v) is 7.49. The van der Waals surface area contributed by atoms with Crippen molar-refractivity contribution in [3.8, 4) is 0 Å². The van der Waals surface area contributed by atoms with E-state index in [0.29, 0.717) is 11.4 Å². The summed E-state index contributed by atoms with van der Waals surface area (Å²) >= 11 is 6.07. The largest absolute Gasteiger partial charge is 0.353 e. The molecule has 0 bridgehead atoms. The van der Waals surface area contributed by atoms with Gasteiger partial charge in [0.05, 0.1) is 11.9 Å². The van der Waals surface area contributed by atoms with E-state index in [-0.39, 0.29) is 11.9 Å². The van der Waals surface area contributed by atoms with Crippen molar-refractivity contribution in [2.75, 3.05) is 11.9 Å². The quantitative estimate of drug-likeness (QED) is 0.756. The first-order chi connectivity index (χ1) is 9.95. The molecule has 4 heteroatoms. The highest BCUT2D eigenvalue weighted by molar-refractivity contribution is 6.17. The molecule has 0 saturated heterocycles. The fourth-order valence-electron chi connectivity index (χ4n) is 2.51. The molecule has 0 aliphatic carbocycles. The van der Waals surface area contributed by atoms with Crippen LogP contribution in [0.3, 0.4) is 0 Å². The number of halogens is 2. The van der Waals surface area contributed by atoms with Crippen molar-refractivity contribution in [1.29, 1.82) is 0 Å². The van der Waals surface area contributed by atoms with E-state index in [9.17, 15) is 4.39 Å². The molecule has 2 aromatic rings. The van der Waals surface area contributed by atoms with Crippen LogP contribution in [0.4, 0.5) is 10.2 Å². The average molecular weight is 307 g/mol. The molecule has 0 fully saturated rings. The number of nitrogens with zero attached hydrogens (tertiary/aromatic N) is 2. The van der Waals surface area contributed by atoms with Crippen LogP contribution in [0, 0.1) is 19.7 Å². The maximum atomic E-state index is 14.0. The summed E-state index contributed by atoms with van der Waals surface area (Å²) < 4.78 is 14.0. The summed E-state index contributed by atoms with van der Waals surface area (Å²) in [6.45, 7) is 5.95. The number of aryl methyl sites for hydroxylation is 2. The van der Waals surface area contributed by atoms with Crippen molar-refractivity contribution >= 4 is 17.4 Å². The Balaban J connectivity index is 2.45. The summed E-state index contributed by atoms with van der Waals surface area (Å²) in [6.07, 6.45) is 0. The topological polar surface area (TPSA) is 16.1 Å². The Kier molecular flexibility index (Phi) is 4.84. The molecule has 0 aliphatic heterocycles. The summed E-state index contributed by atoms with van der Waals surface area (Å²) in [5.74, 6) is 1.01. The van der Waals surface area contributed by atoms with Gasteiger partial charge in [0.15, 0.2) is 0 Å². The second-order valence-corrected chi connectivity index (χ2v) is 5.59. The zero-order valence-electron chi connectivity index (χ0n) is 12.8. The highest BCUT2D eigenvalue weighted by Crippen LogP contribution is 2.30. The molecular formula is C17H20ClFN2. The summed E-state index contributed by atoms with van der Waals surface area (Å²) in [5.41, 5.74) is 3.69. The number of pyridine rings is 1. The van der Waals surface area contributed by atoms with Gasteiger partial charge in [-0.05, 0) is 38.5 Å². The van der Waals surface area contributed by atoms with E-state index in [4.69, 9.17) is 11.6 Å². The van der Waals surface area contributed by atoms with Crippen molar-refractivity contribution in [1.82, 2.24) is 4.98 Å². The molecule has 1 aromatic carbocycles. The number of benzene rings is 1. The fraction of sp³-hybridized carbons (Fsp3) is 0.353. The summed E-state index contributed by atoms with van der Waals surface area (Å²) in [5, 5.41) is 0. The Morgan fingerprint density at radius 3 is 2.57 bits per heavy atom. The van der Waals surface area contributed by atoms with Gasteiger partial charge in [0.25, 0.3) is 0 Å². The molecule has 2 nitrogen and oxygen atoms in total. The van der Waals surface area contributed by atoms with Gasteiger partial charge in [0.2, 0.25) is 0 Å². The Bertz CT molecular complexity index is 643. The van der Waals surface area contributed by atoms with Crippen molar-refractivity contribution in [3.63, 3.8) is 0 Å². The van der Waals surface area contributed by atoms with E-state index < -0.39 is 0 Å². The Labute approximate surface area is 130 Å². The number of anilines is 1. The first kappa shape index (κ1) is 15.8. The molecular weight excluding hydrogens is 287 g/mol. The van der Waals surface area contributed by atoms with Crippen LogP contribution in [0.15, 0.2) is 30.3 Å².